The lowest BCUT2D eigenvalue weighted by molar-refractivity contribution is -0.126. The number of aryl methyl sites for hydroxylation is 1. The molecule has 0 spiro atoms. The molecule has 1 aromatic heterocycles. The number of carbonyl (C=O) groups is 1. The summed E-state index contributed by atoms with van der Waals surface area (Å²) in [4.78, 5) is 16.1. The molecule has 0 radical (unpaired) electrons. The molecule has 2 unspecified atom stereocenters. The lowest BCUT2D eigenvalue weighted by Crippen LogP contribution is -2.28. The molecule has 1 aromatic rings. The number of aromatic nitrogens is 1. The van der Waals surface area contributed by atoms with Crippen molar-refractivity contribution in [3.8, 4) is 0 Å². The van der Waals surface area contributed by atoms with Crippen LogP contribution in [0, 0.1) is 6.92 Å². The minimum absolute atomic E-state index is 0.108. The maximum absolute atomic E-state index is 11.9. The molecule has 0 aromatic carbocycles. The van der Waals surface area contributed by atoms with E-state index < -0.39 is 0 Å². The fourth-order valence-electron chi connectivity index (χ4n) is 1.82. The van der Waals surface area contributed by atoms with Crippen LogP contribution in [0.25, 0.3) is 0 Å². The Morgan fingerprint density at radius 1 is 1.53 bits per heavy atom. The molecule has 0 bridgehead atoms. The third-order valence-electron chi connectivity index (χ3n) is 2.80. The summed E-state index contributed by atoms with van der Waals surface area (Å²) in [5.74, 6) is 0.461. The maximum atomic E-state index is 11.9. The molecule has 1 fully saturated rings. The Morgan fingerprint density at radius 2 is 2.29 bits per heavy atom. The van der Waals surface area contributed by atoms with Crippen molar-refractivity contribution in [1.29, 1.82) is 0 Å². The molecule has 5 heteroatoms. The third-order valence-corrected chi connectivity index (χ3v) is 3.64. The SMILES string of the molecule is Cc1nc(NC(=O)C2CCC(C)O2)ccc1Br. The molecule has 1 saturated heterocycles. The van der Waals surface area contributed by atoms with Crippen LogP contribution in [0.2, 0.25) is 0 Å². The molecule has 2 rings (SSSR count). The number of amides is 1. The van der Waals surface area contributed by atoms with Crippen LogP contribution in [-0.2, 0) is 9.53 Å². The van der Waals surface area contributed by atoms with E-state index in [0.29, 0.717) is 5.82 Å². The summed E-state index contributed by atoms with van der Waals surface area (Å²) in [7, 11) is 0. The van der Waals surface area contributed by atoms with Gasteiger partial charge in [0.15, 0.2) is 0 Å². The topological polar surface area (TPSA) is 51.2 Å². The normalized spacial score (nSPS) is 23.7. The fourth-order valence-corrected chi connectivity index (χ4v) is 2.04. The first-order chi connectivity index (χ1) is 8.06. The van der Waals surface area contributed by atoms with E-state index in [0.717, 1.165) is 23.0 Å². The summed E-state index contributed by atoms with van der Waals surface area (Å²) in [5.41, 5.74) is 0.850. The second-order valence-corrected chi connectivity index (χ2v) is 5.12. The van der Waals surface area contributed by atoms with Crippen molar-refractivity contribution in [1.82, 2.24) is 4.98 Å². The van der Waals surface area contributed by atoms with Gasteiger partial charge in [-0.25, -0.2) is 4.98 Å². The van der Waals surface area contributed by atoms with E-state index in [1.54, 1.807) is 6.07 Å². The van der Waals surface area contributed by atoms with Gasteiger partial charge in [0.25, 0.3) is 5.91 Å². The zero-order chi connectivity index (χ0) is 12.4. The Bertz CT molecular complexity index is 437. The molecule has 0 saturated carbocycles. The summed E-state index contributed by atoms with van der Waals surface area (Å²) in [5, 5.41) is 2.78. The van der Waals surface area contributed by atoms with Gasteiger partial charge in [0.05, 0.1) is 11.8 Å². The number of hydrogen-bond acceptors (Lipinski definition) is 3. The van der Waals surface area contributed by atoms with E-state index in [1.807, 2.05) is 19.9 Å². The van der Waals surface area contributed by atoms with E-state index in [4.69, 9.17) is 4.74 Å². The Morgan fingerprint density at radius 3 is 2.88 bits per heavy atom. The van der Waals surface area contributed by atoms with Crippen molar-refractivity contribution in [3.63, 3.8) is 0 Å². The van der Waals surface area contributed by atoms with Crippen LogP contribution in [0.5, 0.6) is 0 Å². The van der Waals surface area contributed by atoms with Crippen LogP contribution in [0.4, 0.5) is 5.82 Å². The molecule has 4 nitrogen and oxygen atoms in total. The van der Waals surface area contributed by atoms with E-state index in [9.17, 15) is 4.79 Å². The molecule has 2 heterocycles. The second-order valence-electron chi connectivity index (χ2n) is 4.27. The van der Waals surface area contributed by atoms with Gasteiger partial charge in [-0.1, -0.05) is 0 Å². The quantitative estimate of drug-likeness (QED) is 0.913. The third kappa shape index (κ3) is 3.04. The number of rotatable bonds is 2. The average molecular weight is 299 g/mol. The van der Waals surface area contributed by atoms with Crippen molar-refractivity contribution in [2.75, 3.05) is 5.32 Å². The molecule has 17 heavy (non-hydrogen) atoms. The smallest absolute Gasteiger partial charge is 0.254 e. The van der Waals surface area contributed by atoms with Crippen LogP contribution in [0.3, 0.4) is 0 Å². The fraction of sp³-hybridized carbons (Fsp3) is 0.500. The van der Waals surface area contributed by atoms with Gasteiger partial charge in [-0.05, 0) is 54.8 Å². The lowest BCUT2D eigenvalue weighted by atomic mass is 10.2. The number of nitrogens with zero attached hydrogens (tertiary/aromatic N) is 1. The first-order valence-corrected chi connectivity index (χ1v) is 6.45. The van der Waals surface area contributed by atoms with E-state index in [-0.39, 0.29) is 18.1 Å². The van der Waals surface area contributed by atoms with Crippen molar-refractivity contribution in [2.24, 2.45) is 0 Å². The standard InChI is InChI=1S/C12H15BrN2O2/c1-7-3-5-10(17-7)12(16)15-11-6-4-9(13)8(2)14-11/h4,6-7,10H,3,5H2,1-2H3,(H,14,15,16). The number of ether oxygens (including phenoxy) is 1. The van der Waals surface area contributed by atoms with Gasteiger partial charge < -0.3 is 10.1 Å². The van der Waals surface area contributed by atoms with E-state index in [1.165, 1.54) is 0 Å². The Hall–Kier alpha value is -0.940. The number of anilines is 1. The van der Waals surface area contributed by atoms with Gasteiger partial charge in [0.1, 0.15) is 11.9 Å². The predicted octanol–water partition coefficient (Wildman–Crippen LogP) is 2.66. The highest BCUT2D eigenvalue weighted by Gasteiger charge is 2.28. The zero-order valence-corrected chi connectivity index (χ0v) is 11.5. The molecule has 2 atom stereocenters. The van der Waals surface area contributed by atoms with Crippen LogP contribution >= 0.6 is 15.9 Å². The molecular weight excluding hydrogens is 284 g/mol. The van der Waals surface area contributed by atoms with Crippen LogP contribution in [0.15, 0.2) is 16.6 Å². The maximum Gasteiger partial charge on any atom is 0.254 e. The van der Waals surface area contributed by atoms with Crippen LogP contribution in [0.1, 0.15) is 25.5 Å². The molecule has 1 aliphatic heterocycles. The van der Waals surface area contributed by atoms with E-state index in [2.05, 4.69) is 26.2 Å². The number of hydrogen-bond donors (Lipinski definition) is 1. The summed E-state index contributed by atoms with van der Waals surface area (Å²) in [6, 6.07) is 3.64. The summed E-state index contributed by atoms with van der Waals surface area (Å²) in [6.07, 6.45) is 1.55. The largest absolute Gasteiger partial charge is 0.365 e. The van der Waals surface area contributed by atoms with Gasteiger partial charge in [0, 0.05) is 4.47 Å². The number of halogens is 1. The lowest BCUT2D eigenvalue weighted by Gasteiger charge is -2.11. The molecule has 92 valence electrons. The minimum atomic E-state index is -0.337. The van der Waals surface area contributed by atoms with Crippen molar-refractivity contribution in [3.05, 3.63) is 22.3 Å². The average Bonchev–Trinajstić information content (AvgIpc) is 2.70. The van der Waals surface area contributed by atoms with Crippen molar-refractivity contribution >= 4 is 27.7 Å². The zero-order valence-electron chi connectivity index (χ0n) is 9.87. The Kier molecular flexibility index (Phi) is 3.79. The molecular formula is C12H15BrN2O2. The van der Waals surface area contributed by atoms with E-state index >= 15 is 0 Å². The highest BCUT2D eigenvalue weighted by molar-refractivity contribution is 9.10. The predicted molar refractivity (Wildman–Crippen MR) is 68.9 cm³/mol. The number of pyridine rings is 1. The van der Waals surface area contributed by atoms with Gasteiger partial charge in [-0.3, -0.25) is 4.79 Å². The molecule has 1 N–H and O–H groups in total. The van der Waals surface area contributed by atoms with Crippen molar-refractivity contribution in [2.45, 2.75) is 38.9 Å². The Labute approximate surface area is 109 Å². The summed E-state index contributed by atoms with van der Waals surface area (Å²) >= 11 is 3.37. The first kappa shape index (κ1) is 12.5. The van der Waals surface area contributed by atoms with Crippen molar-refractivity contribution < 1.29 is 9.53 Å². The monoisotopic (exact) mass is 298 g/mol. The minimum Gasteiger partial charge on any atom is -0.365 e. The van der Waals surface area contributed by atoms with Gasteiger partial charge in [0.2, 0.25) is 0 Å². The summed E-state index contributed by atoms with van der Waals surface area (Å²) < 4.78 is 6.43. The van der Waals surface area contributed by atoms with Crippen LogP contribution in [-0.4, -0.2) is 23.1 Å². The first-order valence-electron chi connectivity index (χ1n) is 5.65. The second kappa shape index (κ2) is 5.14. The Balaban J connectivity index is 2.00. The van der Waals surface area contributed by atoms with Gasteiger partial charge in [-0.15, -0.1) is 0 Å². The molecule has 0 aliphatic carbocycles. The molecule has 1 aliphatic rings. The number of nitrogens with one attached hydrogen (secondary N) is 1. The van der Waals surface area contributed by atoms with Gasteiger partial charge >= 0.3 is 0 Å². The molecule has 1 amide bonds. The van der Waals surface area contributed by atoms with Crippen LogP contribution < -0.4 is 5.32 Å². The number of carbonyl (C=O) groups excluding carboxylic acids is 1. The highest BCUT2D eigenvalue weighted by atomic mass is 79.9. The van der Waals surface area contributed by atoms with Gasteiger partial charge in [-0.2, -0.15) is 0 Å². The summed E-state index contributed by atoms with van der Waals surface area (Å²) in [6.45, 7) is 3.86. The highest BCUT2D eigenvalue weighted by Crippen LogP contribution is 2.21.